The fraction of sp³-hybridized carbons (Fsp3) is 0.588. The van der Waals surface area contributed by atoms with E-state index in [1.165, 1.54) is 12.1 Å². The molecular formula is C17H23F3N2O. The van der Waals surface area contributed by atoms with Gasteiger partial charge in [0.1, 0.15) is 0 Å². The second-order valence-corrected chi connectivity index (χ2v) is 6.12. The van der Waals surface area contributed by atoms with Gasteiger partial charge in [-0.2, -0.15) is 13.2 Å². The number of aryl methyl sites for hydroxylation is 1. The summed E-state index contributed by atoms with van der Waals surface area (Å²) >= 11 is 0. The van der Waals surface area contributed by atoms with E-state index in [0.29, 0.717) is 31.0 Å². The van der Waals surface area contributed by atoms with Crippen molar-refractivity contribution in [2.75, 3.05) is 26.7 Å². The molecule has 3 nitrogen and oxygen atoms in total. The van der Waals surface area contributed by atoms with Crippen LogP contribution < -0.4 is 5.32 Å². The third kappa shape index (κ3) is 5.23. The molecule has 0 bridgehead atoms. The van der Waals surface area contributed by atoms with Crippen molar-refractivity contribution in [3.8, 4) is 0 Å². The zero-order valence-corrected chi connectivity index (χ0v) is 13.3. The first-order valence-electron chi connectivity index (χ1n) is 7.98. The highest BCUT2D eigenvalue weighted by Gasteiger charge is 2.30. The van der Waals surface area contributed by atoms with Crippen LogP contribution in [0.4, 0.5) is 13.2 Å². The molecule has 0 saturated carbocycles. The highest BCUT2D eigenvalue weighted by molar-refractivity contribution is 5.78. The quantitative estimate of drug-likeness (QED) is 0.901. The molecule has 1 N–H and O–H groups in total. The van der Waals surface area contributed by atoms with Crippen molar-refractivity contribution in [3.63, 3.8) is 0 Å². The van der Waals surface area contributed by atoms with E-state index in [4.69, 9.17) is 0 Å². The Morgan fingerprint density at radius 3 is 2.87 bits per heavy atom. The maximum Gasteiger partial charge on any atom is 0.416 e. The summed E-state index contributed by atoms with van der Waals surface area (Å²) in [5, 5.41) is 2.86. The van der Waals surface area contributed by atoms with Crippen molar-refractivity contribution in [1.29, 1.82) is 0 Å². The van der Waals surface area contributed by atoms with E-state index >= 15 is 0 Å². The summed E-state index contributed by atoms with van der Waals surface area (Å²) < 4.78 is 38.2. The van der Waals surface area contributed by atoms with E-state index in [2.05, 4.69) is 5.32 Å². The highest BCUT2D eigenvalue weighted by Crippen LogP contribution is 2.30. The number of halogens is 3. The molecular weight excluding hydrogens is 305 g/mol. The van der Waals surface area contributed by atoms with Gasteiger partial charge >= 0.3 is 6.18 Å². The van der Waals surface area contributed by atoms with Crippen LogP contribution >= 0.6 is 0 Å². The second kappa shape index (κ2) is 7.81. The number of nitrogens with zero attached hydrogens (tertiary/aromatic N) is 1. The molecule has 0 aromatic heterocycles. The Kier molecular flexibility index (Phi) is 6.04. The van der Waals surface area contributed by atoms with E-state index in [-0.39, 0.29) is 5.91 Å². The molecule has 1 heterocycles. The van der Waals surface area contributed by atoms with Crippen LogP contribution in [0.15, 0.2) is 24.3 Å². The van der Waals surface area contributed by atoms with Gasteiger partial charge in [0.05, 0.1) is 12.1 Å². The van der Waals surface area contributed by atoms with Crippen molar-refractivity contribution >= 4 is 5.91 Å². The van der Waals surface area contributed by atoms with Crippen molar-refractivity contribution in [1.82, 2.24) is 10.2 Å². The van der Waals surface area contributed by atoms with Crippen LogP contribution in [0.5, 0.6) is 0 Å². The molecule has 1 aliphatic heterocycles. The SMILES string of the molecule is CNCC(=O)N1CCC[C@H](CCc2cccc(C(F)(F)F)c2)C1. The van der Waals surface area contributed by atoms with Crippen molar-refractivity contribution < 1.29 is 18.0 Å². The van der Waals surface area contributed by atoms with Crippen LogP contribution in [0.2, 0.25) is 0 Å². The van der Waals surface area contributed by atoms with Crippen molar-refractivity contribution in [2.45, 2.75) is 31.9 Å². The Labute approximate surface area is 134 Å². The first-order valence-corrected chi connectivity index (χ1v) is 7.98. The first-order chi connectivity index (χ1) is 10.9. The molecule has 0 unspecified atom stereocenters. The number of piperidine rings is 1. The predicted molar refractivity (Wildman–Crippen MR) is 83.0 cm³/mol. The van der Waals surface area contributed by atoms with Crippen LogP contribution in [-0.2, 0) is 17.4 Å². The van der Waals surface area contributed by atoms with Gasteiger partial charge in [-0.05, 0) is 50.3 Å². The number of likely N-dealkylation sites (tertiary alicyclic amines) is 1. The molecule has 1 fully saturated rings. The summed E-state index contributed by atoms with van der Waals surface area (Å²) in [5.74, 6) is 0.454. The maximum absolute atomic E-state index is 12.7. The number of carbonyl (C=O) groups excluding carboxylic acids is 1. The molecule has 1 aromatic carbocycles. The zero-order valence-electron chi connectivity index (χ0n) is 13.3. The normalized spacial score (nSPS) is 19.0. The van der Waals surface area contributed by atoms with Gasteiger partial charge in [-0.15, -0.1) is 0 Å². The fourth-order valence-corrected chi connectivity index (χ4v) is 3.06. The molecule has 0 aliphatic carbocycles. The number of rotatable bonds is 5. The van der Waals surface area contributed by atoms with Crippen LogP contribution in [0, 0.1) is 5.92 Å². The van der Waals surface area contributed by atoms with E-state index in [0.717, 1.165) is 31.9 Å². The predicted octanol–water partition coefficient (Wildman–Crippen LogP) is 3.10. The number of nitrogens with one attached hydrogen (secondary N) is 1. The molecule has 23 heavy (non-hydrogen) atoms. The average Bonchev–Trinajstić information content (AvgIpc) is 2.53. The maximum atomic E-state index is 12.7. The average molecular weight is 328 g/mol. The van der Waals surface area contributed by atoms with Crippen LogP contribution in [0.25, 0.3) is 0 Å². The van der Waals surface area contributed by atoms with E-state index in [1.54, 1.807) is 13.1 Å². The first kappa shape index (κ1) is 17.8. The van der Waals surface area contributed by atoms with Gasteiger partial charge in [-0.3, -0.25) is 4.79 Å². The molecule has 1 amide bonds. The fourth-order valence-electron chi connectivity index (χ4n) is 3.06. The highest BCUT2D eigenvalue weighted by atomic mass is 19.4. The minimum absolute atomic E-state index is 0.0938. The summed E-state index contributed by atoms with van der Waals surface area (Å²) in [5.41, 5.74) is 0.114. The summed E-state index contributed by atoms with van der Waals surface area (Å²) in [6.45, 7) is 1.82. The zero-order chi connectivity index (χ0) is 16.9. The molecule has 2 rings (SSSR count). The number of likely N-dealkylation sites (N-methyl/N-ethyl adjacent to an activating group) is 1. The summed E-state index contributed by atoms with van der Waals surface area (Å²) in [4.78, 5) is 13.8. The van der Waals surface area contributed by atoms with Gasteiger partial charge in [0, 0.05) is 13.1 Å². The molecule has 1 saturated heterocycles. The lowest BCUT2D eigenvalue weighted by Gasteiger charge is -2.33. The summed E-state index contributed by atoms with van der Waals surface area (Å²) in [6.07, 6.45) is -0.879. The summed E-state index contributed by atoms with van der Waals surface area (Å²) in [7, 11) is 1.74. The lowest BCUT2D eigenvalue weighted by Crippen LogP contribution is -2.43. The molecule has 1 aromatic rings. The molecule has 128 valence electrons. The van der Waals surface area contributed by atoms with Gasteiger partial charge in [0.15, 0.2) is 0 Å². The number of carbonyl (C=O) groups is 1. The van der Waals surface area contributed by atoms with Gasteiger partial charge in [-0.25, -0.2) is 0 Å². The topological polar surface area (TPSA) is 32.3 Å². The number of alkyl halides is 3. The second-order valence-electron chi connectivity index (χ2n) is 6.12. The smallest absolute Gasteiger partial charge is 0.341 e. The van der Waals surface area contributed by atoms with Gasteiger partial charge in [0.25, 0.3) is 0 Å². The lowest BCUT2D eigenvalue weighted by molar-refractivity contribution is -0.137. The molecule has 0 radical (unpaired) electrons. The number of hydrogen-bond acceptors (Lipinski definition) is 2. The molecule has 1 aliphatic rings. The third-order valence-electron chi connectivity index (χ3n) is 4.30. The number of benzene rings is 1. The lowest BCUT2D eigenvalue weighted by atomic mass is 9.91. The van der Waals surface area contributed by atoms with Gasteiger partial charge in [0.2, 0.25) is 5.91 Å². The van der Waals surface area contributed by atoms with Crippen molar-refractivity contribution in [2.24, 2.45) is 5.92 Å². The van der Waals surface area contributed by atoms with Crippen LogP contribution in [0.3, 0.4) is 0 Å². The van der Waals surface area contributed by atoms with E-state index in [9.17, 15) is 18.0 Å². The molecule has 0 spiro atoms. The minimum atomic E-state index is -4.29. The van der Waals surface area contributed by atoms with E-state index in [1.807, 2.05) is 4.90 Å². The standard InChI is InChI=1S/C17H23F3N2O/c1-21-11-16(23)22-9-3-5-14(12-22)8-7-13-4-2-6-15(10-13)17(18,19)20/h2,4,6,10,14,21H,3,5,7-9,11-12H2,1H3/t14-/m1/s1. The van der Waals surface area contributed by atoms with Gasteiger partial charge in [-0.1, -0.05) is 18.2 Å². The molecule has 6 heteroatoms. The number of hydrogen-bond donors (Lipinski definition) is 1. The largest absolute Gasteiger partial charge is 0.416 e. The van der Waals surface area contributed by atoms with E-state index < -0.39 is 11.7 Å². The Morgan fingerprint density at radius 2 is 2.17 bits per heavy atom. The Balaban J connectivity index is 1.89. The minimum Gasteiger partial charge on any atom is -0.341 e. The van der Waals surface area contributed by atoms with Gasteiger partial charge < -0.3 is 10.2 Å². The Morgan fingerprint density at radius 1 is 1.39 bits per heavy atom. The van der Waals surface area contributed by atoms with Crippen LogP contribution in [0.1, 0.15) is 30.4 Å². The van der Waals surface area contributed by atoms with Crippen molar-refractivity contribution in [3.05, 3.63) is 35.4 Å². The Hall–Kier alpha value is -1.56. The molecule has 1 atom stereocenters. The summed E-state index contributed by atoms with van der Waals surface area (Å²) in [6, 6.07) is 5.53. The third-order valence-corrected chi connectivity index (χ3v) is 4.30. The van der Waals surface area contributed by atoms with Crippen LogP contribution in [-0.4, -0.2) is 37.5 Å². The Bertz CT molecular complexity index is 531. The monoisotopic (exact) mass is 328 g/mol. The number of amides is 1.